The van der Waals surface area contributed by atoms with Gasteiger partial charge in [-0.05, 0) is 19.1 Å². The van der Waals surface area contributed by atoms with E-state index in [9.17, 15) is 4.79 Å². The van der Waals surface area contributed by atoms with Gasteiger partial charge in [0.25, 0.3) is 5.56 Å². The van der Waals surface area contributed by atoms with Crippen LogP contribution in [0.15, 0.2) is 29.3 Å². The third kappa shape index (κ3) is 0.863. The largest absolute Gasteiger partial charge is 0.357 e. The molecule has 0 atom stereocenters. The van der Waals surface area contributed by atoms with Gasteiger partial charge in [-0.3, -0.25) is 4.79 Å². The Morgan fingerprint density at radius 1 is 1.50 bits per heavy atom. The van der Waals surface area contributed by atoms with Crippen LogP contribution in [0.2, 0.25) is 0 Å². The molecule has 0 fully saturated rings. The van der Waals surface area contributed by atoms with E-state index >= 15 is 0 Å². The Bertz CT molecular complexity index is 453. The van der Waals surface area contributed by atoms with Crippen LogP contribution >= 0.6 is 0 Å². The Kier molecular flexibility index (Phi) is 1.50. The Balaban J connectivity index is 2.88. The van der Waals surface area contributed by atoms with Crippen LogP contribution in [0.25, 0.3) is 10.9 Å². The number of nitrogens with one attached hydrogen (secondary N) is 1. The molecule has 0 aliphatic heterocycles. The average Bonchev–Trinajstić information content (AvgIpc) is 2.53. The number of pyridine rings is 1. The fourth-order valence-electron chi connectivity index (χ4n) is 1.34. The zero-order valence-electron chi connectivity index (χ0n) is 6.87. The van der Waals surface area contributed by atoms with Gasteiger partial charge in [0.15, 0.2) is 0 Å². The number of fused-ring (bicyclic) bond motifs is 1. The minimum atomic E-state index is 0.0556. The molecule has 0 aliphatic rings. The highest BCUT2D eigenvalue weighted by molar-refractivity contribution is 5.77. The van der Waals surface area contributed by atoms with Crippen molar-refractivity contribution in [2.45, 2.75) is 13.5 Å². The number of H-pyrrole nitrogens is 1. The second-order valence-electron chi connectivity index (χ2n) is 2.71. The molecule has 3 nitrogen and oxygen atoms in total. The van der Waals surface area contributed by atoms with Gasteiger partial charge < -0.3 is 9.55 Å². The first kappa shape index (κ1) is 7.16. The number of hydrogen-bond donors (Lipinski definition) is 1. The Morgan fingerprint density at radius 3 is 3.08 bits per heavy atom. The van der Waals surface area contributed by atoms with E-state index in [1.165, 1.54) is 0 Å². The molecule has 2 rings (SSSR count). The van der Waals surface area contributed by atoms with E-state index in [0.717, 1.165) is 5.39 Å². The van der Waals surface area contributed by atoms with E-state index < -0.39 is 0 Å². The lowest BCUT2D eigenvalue weighted by Crippen LogP contribution is -2.18. The third-order valence-corrected chi connectivity index (χ3v) is 2.03. The normalized spacial score (nSPS) is 10.8. The fourth-order valence-corrected chi connectivity index (χ4v) is 1.34. The Morgan fingerprint density at radius 2 is 2.33 bits per heavy atom. The second-order valence-corrected chi connectivity index (χ2v) is 2.71. The highest BCUT2D eigenvalue weighted by Crippen LogP contribution is 2.05. The number of aryl methyl sites for hydroxylation is 1. The van der Waals surface area contributed by atoms with Crippen molar-refractivity contribution in [3.05, 3.63) is 34.9 Å². The van der Waals surface area contributed by atoms with E-state index in [1.54, 1.807) is 10.8 Å². The zero-order chi connectivity index (χ0) is 8.55. The Hall–Kier alpha value is -1.51. The van der Waals surface area contributed by atoms with Gasteiger partial charge in [-0.25, -0.2) is 0 Å². The van der Waals surface area contributed by atoms with Gasteiger partial charge >= 0.3 is 0 Å². The molecule has 0 bridgehead atoms. The molecule has 0 spiro atoms. The average molecular weight is 162 g/mol. The predicted molar refractivity (Wildman–Crippen MR) is 48.2 cm³/mol. The lowest BCUT2D eigenvalue weighted by molar-refractivity contribution is 0.733. The van der Waals surface area contributed by atoms with Crippen LogP contribution in [0.4, 0.5) is 0 Å². The summed E-state index contributed by atoms with van der Waals surface area (Å²) in [6.45, 7) is 2.67. The molecule has 2 heterocycles. The van der Waals surface area contributed by atoms with E-state index in [-0.39, 0.29) is 5.56 Å². The van der Waals surface area contributed by atoms with Crippen molar-refractivity contribution >= 4 is 10.9 Å². The van der Waals surface area contributed by atoms with E-state index in [4.69, 9.17) is 0 Å². The van der Waals surface area contributed by atoms with E-state index in [1.807, 2.05) is 25.3 Å². The van der Waals surface area contributed by atoms with Gasteiger partial charge in [0, 0.05) is 24.3 Å². The molecule has 0 unspecified atom stereocenters. The molecule has 62 valence electrons. The van der Waals surface area contributed by atoms with Crippen molar-refractivity contribution in [2.24, 2.45) is 0 Å². The molecule has 0 saturated heterocycles. The molecule has 3 heteroatoms. The molecule has 0 aliphatic carbocycles. The molecular formula is C9H10N2O. The standard InChI is InChI=1S/C9H10N2O/c1-2-11-6-4-7-3-5-10-8(7)9(11)12/h3-6,10H,2H2,1H3. The van der Waals surface area contributed by atoms with Gasteiger partial charge in [0.2, 0.25) is 0 Å². The summed E-state index contributed by atoms with van der Waals surface area (Å²) in [4.78, 5) is 14.5. The number of nitrogens with zero attached hydrogens (tertiary/aromatic N) is 1. The van der Waals surface area contributed by atoms with Crippen LogP contribution < -0.4 is 5.56 Å². The summed E-state index contributed by atoms with van der Waals surface area (Å²) in [6, 6.07) is 3.84. The van der Waals surface area contributed by atoms with Gasteiger partial charge in [0.1, 0.15) is 5.52 Å². The van der Waals surface area contributed by atoms with Gasteiger partial charge in [-0.2, -0.15) is 0 Å². The minimum absolute atomic E-state index is 0.0556. The molecule has 0 saturated carbocycles. The second kappa shape index (κ2) is 2.52. The molecule has 0 aromatic carbocycles. The smallest absolute Gasteiger partial charge is 0.274 e. The third-order valence-electron chi connectivity index (χ3n) is 2.03. The maximum Gasteiger partial charge on any atom is 0.274 e. The zero-order valence-corrected chi connectivity index (χ0v) is 6.87. The van der Waals surface area contributed by atoms with E-state index in [0.29, 0.717) is 12.1 Å². The van der Waals surface area contributed by atoms with Crippen LogP contribution in [-0.4, -0.2) is 9.55 Å². The van der Waals surface area contributed by atoms with Crippen molar-refractivity contribution in [3.8, 4) is 0 Å². The quantitative estimate of drug-likeness (QED) is 0.675. The fraction of sp³-hybridized carbons (Fsp3) is 0.222. The predicted octanol–water partition coefficient (Wildman–Crippen LogP) is 1.35. The summed E-state index contributed by atoms with van der Waals surface area (Å²) in [5.41, 5.74) is 0.749. The molecule has 2 aromatic rings. The summed E-state index contributed by atoms with van der Waals surface area (Å²) in [5.74, 6) is 0. The molecule has 0 amide bonds. The number of aromatic nitrogens is 2. The molecule has 2 aromatic heterocycles. The summed E-state index contributed by atoms with van der Waals surface area (Å²) in [7, 11) is 0. The van der Waals surface area contributed by atoms with Crippen LogP contribution in [-0.2, 0) is 6.54 Å². The highest BCUT2D eigenvalue weighted by atomic mass is 16.1. The molecular weight excluding hydrogens is 152 g/mol. The van der Waals surface area contributed by atoms with Crippen LogP contribution in [0.3, 0.4) is 0 Å². The molecule has 0 radical (unpaired) electrons. The van der Waals surface area contributed by atoms with Crippen molar-refractivity contribution in [1.82, 2.24) is 9.55 Å². The SMILES string of the molecule is CCn1ccc2cc[nH]c2c1=O. The Labute approximate surface area is 69.6 Å². The minimum Gasteiger partial charge on any atom is -0.357 e. The number of hydrogen-bond acceptors (Lipinski definition) is 1. The van der Waals surface area contributed by atoms with Crippen LogP contribution in [0, 0.1) is 0 Å². The number of aromatic amines is 1. The first-order valence-corrected chi connectivity index (χ1v) is 3.99. The van der Waals surface area contributed by atoms with Gasteiger partial charge in [-0.15, -0.1) is 0 Å². The van der Waals surface area contributed by atoms with Crippen molar-refractivity contribution in [1.29, 1.82) is 0 Å². The topological polar surface area (TPSA) is 37.8 Å². The lowest BCUT2D eigenvalue weighted by Gasteiger charge is -1.99. The summed E-state index contributed by atoms with van der Waals surface area (Å²) >= 11 is 0. The van der Waals surface area contributed by atoms with E-state index in [2.05, 4.69) is 4.98 Å². The van der Waals surface area contributed by atoms with Crippen molar-refractivity contribution in [2.75, 3.05) is 0 Å². The maximum absolute atomic E-state index is 11.6. The monoisotopic (exact) mass is 162 g/mol. The van der Waals surface area contributed by atoms with Crippen molar-refractivity contribution in [3.63, 3.8) is 0 Å². The number of rotatable bonds is 1. The van der Waals surface area contributed by atoms with Gasteiger partial charge in [-0.1, -0.05) is 0 Å². The van der Waals surface area contributed by atoms with Crippen LogP contribution in [0.5, 0.6) is 0 Å². The maximum atomic E-state index is 11.6. The van der Waals surface area contributed by atoms with Crippen molar-refractivity contribution < 1.29 is 0 Å². The first-order valence-electron chi connectivity index (χ1n) is 3.99. The van der Waals surface area contributed by atoms with Crippen LogP contribution in [0.1, 0.15) is 6.92 Å². The first-order chi connectivity index (χ1) is 5.83. The molecule has 1 N–H and O–H groups in total. The summed E-state index contributed by atoms with van der Waals surface area (Å²) in [5, 5.41) is 0.977. The summed E-state index contributed by atoms with van der Waals surface area (Å²) < 4.78 is 1.68. The molecule has 12 heavy (non-hydrogen) atoms. The summed E-state index contributed by atoms with van der Waals surface area (Å²) in [6.07, 6.45) is 3.60. The van der Waals surface area contributed by atoms with Gasteiger partial charge in [0.05, 0.1) is 0 Å². The highest BCUT2D eigenvalue weighted by Gasteiger charge is 2.00. The lowest BCUT2D eigenvalue weighted by atomic mass is 10.3.